The lowest BCUT2D eigenvalue weighted by molar-refractivity contribution is -0.114. The molecule has 2 rings (SSSR count). The van der Waals surface area contributed by atoms with Crippen LogP contribution in [0.25, 0.3) is 0 Å². The van der Waals surface area contributed by atoms with Gasteiger partial charge >= 0.3 is 0 Å². The van der Waals surface area contributed by atoms with Crippen LogP contribution in [0.15, 0.2) is 24.3 Å². The molecule has 0 aliphatic carbocycles. The lowest BCUT2D eigenvalue weighted by Crippen LogP contribution is -2.14. The average molecular weight is 287 g/mol. The minimum atomic E-state index is -0.384. The number of hydrogen-bond acceptors (Lipinski definition) is 4. The van der Waals surface area contributed by atoms with Crippen LogP contribution in [0.1, 0.15) is 43.1 Å². The summed E-state index contributed by atoms with van der Waals surface area (Å²) >= 11 is 0. The van der Waals surface area contributed by atoms with Crippen LogP contribution in [-0.2, 0) is 4.79 Å². The van der Waals surface area contributed by atoms with Gasteiger partial charge in [0.15, 0.2) is 0 Å². The van der Waals surface area contributed by atoms with E-state index in [2.05, 4.69) is 25.8 Å². The summed E-state index contributed by atoms with van der Waals surface area (Å²) in [6.07, 6.45) is 0. The minimum Gasteiger partial charge on any atom is -0.326 e. The summed E-state index contributed by atoms with van der Waals surface area (Å²) in [5.74, 6) is 0.418. The van der Waals surface area contributed by atoms with E-state index in [-0.39, 0.29) is 23.6 Å². The number of hydrogen-bond donors (Lipinski definition) is 3. The van der Waals surface area contributed by atoms with Crippen molar-refractivity contribution in [2.24, 2.45) is 0 Å². The number of aromatic nitrogens is 3. The van der Waals surface area contributed by atoms with E-state index in [0.29, 0.717) is 17.2 Å². The van der Waals surface area contributed by atoms with Crippen molar-refractivity contribution in [2.45, 2.75) is 26.7 Å². The summed E-state index contributed by atoms with van der Waals surface area (Å²) in [6, 6.07) is 6.79. The zero-order chi connectivity index (χ0) is 15.4. The van der Waals surface area contributed by atoms with Gasteiger partial charge in [-0.3, -0.25) is 14.7 Å². The maximum Gasteiger partial charge on any atom is 0.295 e. The Morgan fingerprint density at radius 1 is 1.10 bits per heavy atom. The van der Waals surface area contributed by atoms with Gasteiger partial charge in [0.25, 0.3) is 5.91 Å². The predicted molar refractivity (Wildman–Crippen MR) is 79.2 cm³/mol. The lowest BCUT2D eigenvalue weighted by atomic mass is 10.2. The fraction of sp³-hybridized carbons (Fsp3) is 0.286. The van der Waals surface area contributed by atoms with Crippen LogP contribution in [-0.4, -0.2) is 27.0 Å². The Morgan fingerprint density at radius 2 is 1.67 bits per heavy atom. The highest BCUT2D eigenvalue weighted by Gasteiger charge is 2.14. The Bertz CT molecular complexity index is 646. The van der Waals surface area contributed by atoms with Gasteiger partial charge in [0.05, 0.1) is 0 Å². The van der Waals surface area contributed by atoms with E-state index in [4.69, 9.17) is 0 Å². The van der Waals surface area contributed by atoms with Crippen LogP contribution in [0.3, 0.4) is 0 Å². The molecular formula is C14H17N5O2. The largest absolute Gasteiger partial charge is 0.326 e. The van der Waals surface area contributed by atoms with Gasteiger partial charge in [0.2, 0.25) is 11.7 Å². The fourth-order valence-corrected chi connectivity index (χ4v) is 1.66. The quantitative estimate of drug-likeness (QED) is 0.802. The predicted octanol–water partition coefficient (Wildman–Crippen LogP) is 2.14. The van der Waals surface area contributed by atoms with E-state index in [1.165, 1.54) is 6.92 Å². The van der Waals surface area contributed by atoms with Crippen molar-refractivity contribution in [3.05, 3.63) is 35.9 Å². The van der Waals surface area contributed by atoms with Gasteiger partial charge in [-0.1, -0.05) is 13.8 Å². The van der Waals surface area contributed by atoms with Crippen LogP contribution in [0.2, 0.25) is 0 Å². The second kappa shape index (κ2) is 6.17. The SMILES string of the molecule is CC(=O)Nc1ccc(NC(=O)c2n[nH]c(C(C)C)n2)cc1. The van der Waals surface area contributed by atoms with Crippen molar-refractivity contribution in [1.29, 1.82) is 0 Å². The van der Waals surface area contributed by atoms with Gasteiger partial charge in [-0.2, -0.15) is 0 Å². The molecular weight excluding hydrogens is 270 g/mol. The zero-order valence-electron chi connectivity index (χ0n) is 12.1. The molecule has 2 amide bonds. The number of nitrogens with zero attached hydrogens (tertiary/aromatic N) is 2. The van der Waals surface area contributed by atoms with Gasteiger partial charge in [-0.25, -0.2) is 4.98 Å². The first kappa shape index (κ1) is 14.7. The van der Waals surface area contributed by atoms with Gasteiger partial charge in [-0.15, -0.1) is 5.10 Å². The molecule has 0 fully saturated rings. The monoisotopic (exact) mass is 287 g/mol. The van der Waals surface area contributed by atoms with Crippen LogP contribution < -0.4 is 10.6 Å². The highest BCUT2D eigenvalue weighted by Crippen LogP contribution is 2.14. The Kier molecular flexibility index (Phi) is 4.32. The van der Waals surface area contributed by atoms with Crippen LogP contribution >= 0.6 is 0 Å². The fourth-order valence-electron chi connectivity index (χ4n) is 1.66. The van der Waals surface area contributed by atoms with Gasteiger partial charge < -0.3 is 10.6 Å². The van der Waals surface area contributed by atoms with E-state index in [1.54, 1.807) is 24.3 Å². The number of nitrogens with one attached hydrogen (secondary N) is 3. The standard InChI is InChI=1S/C14H17N5O2/c1-8(2)12-17-13(19-18-12)14(21)16-11-6-4-10(5-7-11)15-9(3)20/h4-8H,1-3H3,(H,15,20)(H,16,21)(H,17,18,19). The smallest absolute Gasteiger partial charge is 0.295 e. The van der Waals surface area contributed by atoms with Gasteiger partial charge in [-0.05, 0) is 24.3 Å². The molecule has 0 atom stereocenters. The Labute approximate surface area is 122 Å². The molecule has 1 heterocycles. The molecule has 0 saturated carbocycles. The van der Waals surface area contributed by atoms with Crippen LogP contribution in [0.5, 0.6) is 0 Å². The second-order valence-corrected chi connectivity index (χ2v) is 4.91. The Morgan fingerprint density at radius 3 is 2.14 bits per heavy atom. The summed E-state index contributed by atoms with van der Waals surface area (Å²) in [7, 11) is 0. The van der Waals surface area contributed by atoms with E-state index >= 15 is 0 Å². The van der Waals surface area contributed by atoms with E-state index in [0.717, 1.165) is 0 Å². The molecule has 7 heteroatoms. The molecule has 1 aromatic heterocycles. The topological polar surface area (TPSA) is 99.8 Å². The molecule has 7 nitrogen and oxygen atoms in total. The molecule has 0 unspecified atom stereocenters. The summed E-state index contributed by atoms with van der Waals surface area (Å²) in [4.78, 5) is 27.0. The molecule has 0 aliphatic rings. The summed E-state index contributed by atoms with van der Waals surface area (Å²) in [5.41, 5.74) is 1.27. The number of benzene rings is 1. The lowest BCUT2D eigenvalue weighted by Gasteiger charge is -2.05. The van der Waals surface area contributed by atoms with Crippen molar-refractivity contribution in [3.8, 4) is 0 Å². The molecule has 0 radical (unpaired) electrons. The number of amides is 2. The third-order valence-electron chi connectivity index (χ3n) is 2.72. The Hall–Kier alpha value is -2.70. The minimum absolute atomic E-state index is 0.102. The zero-order valence-corrected chi connectivity index (χ0v) is 12.1. The molecule has 1 aromatic carbocycles. The first-order valence-corrected chi connectivity index (χ1v) is 6.57. The van der Waals surface area contributed by atoms with Crippen molar-refractivity contribution < 1.29 is 9.59 Å². The maximum absolute atomic E-state index is 12.0. The second-order valence-electron chi connectivity index (χ2n) is 4.91. The van der Waals surface area contributed by atoms with Crippen LogP contribution in [0.4, 0.5) is 11.4 Å². The van der Waals surface area contributed by atoms with E-state index < -0.39 is 0 Å². The van der Waals surface area contributed by atoms with Crippen LogP contribution in [0, 0.1) is 0 Å². The van der Waals surface area contributed by atoms with Crippen molar-refractivity contribution in [2.75, 3.05) is 10.6 Å². The summed E-state index contributed by atoms with van der Waals surface area (Å²) < 4.78 is 0. The average Bonchev–Trinajstić information content (AvgIpc) is 2.90. The normalized spacial score (nSPS) is 10.5. The van der Waals surface area contributed by atoms with Gasteiger partial charge in [0, 0.05) is 24.2 Å². The number of carbonyl (C=O) groups is 2. The van der Waals surface area contributed by atoms with Crippen molar-refractivity contribution >= 4 is 23.2 Å². The molecule has 2 aromatic rings. The first-order chi connectivity index (χ1) is 9.95. The first-order valence-electron chi connectivity index (χ1n) is 6.57. The molecule has 110 valence electrons. The highest BCUT2D eigenvalue weighted by atomic mass is 16.2. The number of H-pyrrole nitrogens is 1. The molecule has 0 spiro atoms. The Balaban J connectivity index is 2.03. The van der Waals surface area contributed by atoms with E-state index in [1.807, 2.05) is 13.8 Å². The summed E-state index contributed by atoms with van der Waals surface area (Å²) in [6.45, 7) is 5.36. The van der Waals surface area contributed by atoms with Crippen molar-refractivity contribution in [3.63, 3.8) is 0 Å². The number of aromatic amines is 1. The third-order valence-corrected chi connectivity index (χ3v) is 2.72. The molecule has 0 bridgehead atoms. The molecule has 3 N–H and O–H groups in total. The van der Waals surface area contributed by atoms with E-state index in [9.17, 15) is 9.59 Å². The van der Waals surface area contributed by atoms with Gasteiger partial charge in [0.1, 0.15) is 5.82 Å². The molecule has 21 heavy (non-hydrogen) atoms. The summed E-state index contributed by atoms with van der Waals surface area (Å²) in [5, 5.41) is 12.0. The molecule has 0 saturated heterocycles. The number of rotatable bonds is 4. The highest BCUT2D eigenvalue weighted by molar-refractivity contribution is 6.01. The third kappa shape index (κ3) is 3.88. The maximum atomic E-state index is 12.0. The number of anilines is 2. The van der Waals surface area contributed by atoms with Crippen molar-refractivity contribution in [1.82, 2.24) is 15.2 Å². The number of carbonyl (C=O) groups excluding carboxylic acids is 2. The molecule has 0 aliphatic heterocycles.